The second kappa shape index (κ2) is 8.40. The molecule has 5 rings (SSSR count). The molecule has 5 heteroatoms. The number of aromatic amines is 1. The predicted octanol–water partition coefficient (Wildman–Crippen LogP) is 7.06. The molecule has 0 aliphatic heterocycles. The fourth-order valence-electron chi connectivity index (χ4n) is 3.69. The zero-order valence-electron chi connectivity index (χ0n) is 17.7. The number of H-pyrrole nitrogens is 1. The van der Waals surface area contributed by atoms with E-state index in [9.17, 15) is 0 Å². The Kier molecular flexibility index (Phi) is 5.14. The number of hydrogen-bond acceptors (Lipinski definition) is 4. The van der Waals surface area contributed by atoms with Gasteiger partial charge in [0.15, 0.2) is 0 Å². The number of benzene rings is 4. The number of para-hydroxylation sites is 1. The van der Waals surface area contributed by atoms with Gasteiger partial charge in [-0.1, -0.05) is 30.3 Å². The van der Waals surface area contributed by atoms with Crippen LogP contribution in [-0.4, -0.2) is 23.7 Å². The van der Waals surface area contributed by atoms with Crippen LogP contribution in [0.4, 0.5) is 11.4 Å². The standard InChI is InChI=1S/C27H22N4O/c1-28-23-14-10-19(16-25(23)29-2)20-11-15-24-26(17-20)31-27(30-24)18-8-12-22(13-9-18)32-21-6-4-3-5-7-21/h3-17,29H,1H2,2H3,(H,30,31). The lowest BCUT2D eigenvalue weighted by molar-refractivity contribution is 0.483. The van der Waals surface area contributed by atoms with Crippen molar-refractivity contribution in [2.45, 2.75) is 0 Å². The highest BCUT2D eigenvalue weighted by Gasteiger charge is 2.09. The Morgan fingerprint density at radius 3 is 2.25 bits per heavy atom. The van der Waals surface area contributed by atoms with Gasteiger partial charge >= 0.3 is 0 Å². The number of rotatable bonds is 6. The highest BCUT2D eigenvalue weighted by Crippen LogP contribution is 2.32. The van der Waals surface area contributed by atoms with Gasteiger partial charge in [0.25, 0.3) is 0 Å². The number of fused-ring (bicyclic) bond motifs is 1. The van der Waals surface area contributed by atoms with Gasteiger partial charge in [-0.3, -0.25) is 4.99 Å². The molecule has 0 spiro atoms. The number of imidazole rings is 1. The molecule has 32 heavy (non-hydrogen) atoms. The van der Waals surface area contributed by atoms with E-state index in [0.29, 0.717) is 0 Å². The second-order valence-electron chi connectivity index (χ2n) is 7.40. The molecule has 0 atom stereocenters. The van der Waals surface area contributed by atoms with E-state index in [0.717, 1.165) is 56.4 Å². The van der Waals surface area contributed by atoms with E-state index in [1.807, 2.05) is 73.8 Å². The molecule has 5 nitrogen and oxygen atoms in total. The molecule has 0 fully saturated rings. The van der Waals surface area contributed by atoms with E-state index < -0.39 is 0 Å². The van der Waals surface area contributed by atoms with Gasteiger partial charge in [-0.25, -0.2) is 4.98 Å². The van der Waals surface area contributed by atoms with E-state index in [1.165, 1.54) is 0 Å². The lowest BCUT2D eigenvalue weighted by atomic mass is 10.0. The average molecular weight is 419 g/mol. The summed E-state index contributed by atoms with van der Waals surface area (Å²) in [5, 5.41) is 3.18. The Labute approximate surface area is 186 Å². The van der Waals surface area contributed by atoms with Crippen molar-refractivity contribution in [3.63, 3.8) is 0 Å². The number of aliphatic imine (C=N–C) groups is 1. The van der Waals surface area contributed by atoms with E-state index in [1.54, 1.807) is 0 Å². The molecular formula is C27H22N4O. The van der Waals surface area contributed by atoms with Gasteiger partial charge in [-0.2, -0.15) is 0 Å². The molecule has 4 aromatic carbocycles. The van der Waals surface area contributed by atoms with E-state index >= 15 is 0 Å². The maximum absolute atomic E-state index is 5.88. The smallest absolute Gasteiger partial charge is 0.138 e. The summed E-state index contributed by atoms with van der Waals surface area (Å²) >= 11 is 0. The van der Waals surface area contributed by atoms with Crippen LogP contribution in [0.25, 0.3) is 33.5 Å². The summed E-state index contributed by atoms with van der Waals surface area (Å²) in [6.45, 7) is 3.63. The maximum atomic E-state index is 5.88. The number of ether oxygens (including phenoxy) is 1. The van der Waals surface area contributed by atoms with Crippen molar-refractivity contribution in [3.05, 3.63) is 91.0 Å². The Hall–Kier alpha value is -4.38. The highest BCUT2D eigenvalue weighted by atomic mass is 16.5. The molecule has 0 amide bonds. The van der Waals surface area contributed by atoms with Crippen molar-refractivity contribution in [1.82, 2.24) is 9.97 Å². The summed E-state index contributed by atoms with van der Waals surface area (Å²) in [6.07, 6.45) is 0. The Morgan fingerprint density at radius 1 is 0.812 bits per heavy atom. The molecule has 0 aliphatic carbocycles. The van der Waals surface area contributed by atoms with Crippen LogP contribution in [0.3, 0.4) is 0 Å². The lowest BCUT2D eigenvalue weighted by Gasteiger charge is -2.08. The summed E-state index contributed by atoms with van der Waals surface area (Å²) < 4.78 is 5.88. The van der Waals surface area contributed by atoms with Gasteiger partial charge in [0, 0.05) is 12.6 Å². The zero-order chi connectivity index (χ0) is 21.9. The largest absolute Gasteiger partial charge is 0.457 e. The second-order valence-corrected chi connectivity index (χ2v) is 7.40. The SMILES string of the molecule is C=Nc1ccc(-c2ccc3nc(-c4ccc(Oc5ccccc5)cc4)[nH]c3c2)cc1NC. The topological polar surface area (TPSA) is 62.3 Å². The van der Waals surface area contributed by atoms with Crippen LogP contribution >= 0.6 is 0 Å². The Bertz CT molecular complexity index is 1390. The summed E-state index contributed by atoms with van der Waals surface area (Å²) in [6, 6.07) is 30.0. The minimum atomic E-state index is 0.788. The molecule has 0 saturated carbocycles. The van der Waals surface area contributed by atoms with Crippen LogP contribution in [0.2, 0.25) is 0 Å². The van der Waals surface area contributed by atoms with Gasteiger partial charge < -0.3 is 15.0 Å². The molecule has 5 aromatic rings. The normalized spacial score (nSPS) is 10.8. The monoisotopic (exact) mass is 418 g/mol. The molecule has 2 N–H and O–H groups in total. The molecule has 0 aliphatic rings. The van der Waals surface area contributed by atoms with E-state index in [2.05, 4.69) is 46.3 Å². The zero-order valence-corrected chi connectivity index (χ0v) is 17.7. The third-order valence-electron chi connectivity index (χ3n) is 5.36. The van der Waals surface area contributed by atoms with Gasteiger partial charge in [-0.05, 0) is 78.5 Å². The maximum Gasteiger partial charge on any atom is 0.138 e. The molecule has 1 heterocycles. The summed E-state index contributed by atoms with van der Waals surface area (Å²) in [5.74, 6) is 2.43. The number of anilines is 1. The van der Waals surface area contributed by atoms with E-state index in [4.69, 9.17) is 9.72 Å². The number of aromatic nitrogens is 2. The first kappa shape index (κ1) is 19.6. The molecule has 0 unspecified atom stereocenters. The summed E-state index contributed by atoms with van der Waals surface area (Å²) in [5.41, 5.74) is 6.89. The van der Waals surface area contributed by atoms with Crippen molar-refractivity contribution in [2.75, 3.05) is 12.4 Å². The molecule has 0 bridgehead atoms. The van der Waals surface area contributed by atoms with Crippen LogP contribution in [0.1, 0.15) is 0 Å². The lowest BCUT2D eigenvalue weighted by Crippen LogP contribution is -1.89. The molecule has 0 radical (unpaired) electrons. The first-order valence-corrected chi connectivity index (χ1v) is 10.4. The third kappa shape index (κ3) is 3.84. The predicted molar refractivity (Wildman–Crippen MR) is 132 cm³/mol. The number of hydrogen-bond donors (Lipinski definition) is 2. The number of nitrogens with one attached hydrogen (secondary N) is 2. The van der Waals surface area contributed by atoms with E-state index in [-0.39, 0.29) is 0 Å². The fraction of sp³-hybridized carbons (Fsp3) is 0.0370. The minimum absolute atomic E-state index is 0.788. The summed E-state index contributed by atoms with van der Waals surface area (Å²) in [7, 11) is 1.88. The average Bonchev–Trinajstić information content (AvgIpc) is 3.28. The van der Waals surface area contributed by atoms with Crippen molar-refractivity contribution in [2.24, 2.45) is 4.99 Å². The van der Waals surface area contributed by atoms with Gasteiger partial charge in [-0.15, -0.1) is 0 Å². The van der Waals surface area contributed by atoms with Crippen LogP contribution in [0.5, 0.6) is 11.5 Å². The molecular weight excluding hydrogens is 396 g/mol. The van der Waals surface area contributed by atoms with Crippen molar-refractivity contribution in [3.8, 4) is 34.0 Å². The van der Waals surface area contributed by atoms with Crippen LogP contribution in [0, 0.1) is 0 Å². The molecule has 0 saturated heterocycles. The summed E-state index contributed by atoms with van der Waals surface area (Å²) in [4.78, 5) is 12.3. The Morgan fingerprint density at radius 2 is 1.50 bits per heavy atom. The van der Waals surface area contributed by atoms with Crippen LogP contribution in [0.15, 0.2) is 96.0 Å². The van der Waals surface area contributed by atoms with Crippen LogP contribution in [-0.2, 0) is 0 Å². The highest BCUT2D eigenvalue weighted by molar-refractivity contribution is 5.86. The first-order valence-electron chi connectivity index (χ1n) is 10.4. The van der Waals surface area contributed by atoms with Crippen molar-refractivity contribution >= 4 is 29.1 Å². The number of nitrogens with zero attached hydrogens (tertiary/aromatic N) is 2. The van der Waals surface area contributed by atoms with Gasteiger partial charge in [0.1, 0.15) is 17.3 Å². The molecule has 156 valence electrons. The van der Waals surface area contributed by atoms with Crippen molar-refractivity contribution < 1.29 is 4.74 Å². The van der Waals surface area contributed by atoms with Crippen molar-refractivity contribution in [1.29, 1.82) is 0 Å². The minimum Gasteiger partial charge on any atom is -0.457 e. The van der Waals surface area contributed by atoms with Gasteiger partial charge in [0.2, 0.25) is 0 Å². The third-order valence-corrected chi connectivity index (χ3v) is 5.36. The van der Waals surface area contributed by atoms with Gasteiger partial charge in [0.05, 0.1) is 22.4 Å². The fourth-order valence-corrected chi connectivity index (χ4v) is 3.69. The first-order chi connectivity index (χ1) is 15.7. The quantitative estimate of drug-likeness (QED) is 0.290. The molecule has 1 aromatic heterocycles. The Balaban J connectivity index is 1.42. The van der Waals surface area contributed by atoms with Crippen LogP contribution < -0.4 is 10.1 Å².